The molecule has 1 aromatic carbocycles. The molecule has 1 saturated carbocycles. The number of benzene rings is 1. The molecule has 2 heterocycles. The van der Waals surface area contributed by atoms with E-state index in [4.69, 9.17) is 14.2 Å². The molecule has 2 fully saturated rings. The van der Waals surface area contributed by atoms with Gasteiger partial charge >= 0.3 is 6.09 Å². The van der Waals surface area contributed by atoms with Gasteiger partial charge in [-0.1, -0.05) is 13.0 Å². The topological polar surface area (TPSA) is 77.1 Å². The fourth-order valence-corrected chi connectivity index (χ4v) is 5.08. The van der Waals surface area contributed by atoms with E-state index in [2.05, 4.69) is 12.2 Å². The summed E-state index contributed by atoms with van der Waals surface area (Å²) in [7, 11) is 0. The molecule has 7 heteroatoms. The van der Waals surface area contributed by atoms with Crippen molar-refractivity contribution in [3.63, 3.8) is 0 Å². The van der Waals surface area contributed by atoms with Gasteiger partial charge in [-0.3, -0.25) is 4.79 Å². The number of para-hydroxylation sites is 1. The van der Waals surface area contributed by atoms with Gasteiger partial charge in [0.05, 0.1) is 11.6 Å². The smallest absolute Gasteiger partial charge is 0.410 e. The van der Waals surface area contributed by atoms with Crippen molar-refractivity contribution in [2.75, 3.05) is 26.3 Å². The van der Waals surface area contributed by atoms with Crippen LogP contribution in [-0.4, -0.2) is 54.8 Å². The van der Waals surface area contributed by atoms with Gasteiger partial charge in [-0.2, -0.15) is 0 Å². The highest BCUT2D eigenvalue weighted by molar-refractivity contribution is 5.97. The van der Waals surface area contributed by atoms with E-state index >= 15 is 0 Å². The Morgan fingerprint density at radius 1 is 1.20 bits per heavy atom. The van der Waals surface area contributed by atoms with E-state index in [0.717, 1.165) is 12.8 Å². The number of ether oxygens (including phenoxy) is 3. The van der Waals surface area contributed by atoms with Crippen LogP contribution in [0.4, 0.5) is 4.79 Å². The Morgan fingerprint density at radius 3 is 2.73 bits per heavy atom. The van der Waals surface area contributed by atoms with E-state index in [1.54, 1.807) is 18.2 Å². The minimum atomic E-state index is -0.545. The number of rotatable bonds is 3. The predicted molar refractivity (Wildman–Crippen MR) is 112 cm³/mol. The molecule has 2 amide bonds. The summed E-state index contributed by atoms with van der Waals surface area (Å²) in [4.78, 5) is 27.6. The monoisotopic (exact) mass is 416 g/mol. The van der Waals surface area contributed by atoms with Crippen molar-refractivity contribution in [1.29, 1.82) is 0 Å². The maximum atomic E-state index is 13.0. The van der Waals surface area contributed by atoms with E-state index in [1.807, 2.05) is 25.7 Å². The SMILES string of the molecule is CC1C[C@H]2CN(C(=O)OC(C)(C)C)[C@H](CNC(=O)c3cccc4c3OCCO4)[C@H]2C1. The van der Waals surface area contributed by atoms with Crippen molar-refractivity contribution in [2.24, 2.45) is 17.8 Å². The quantitative estimate of drug-likeness (QED) is 0.816. The second kappa shape index (κ2) is 8.00. The Hall–Kier alpha value is -2.44. The normalized spacial score (nSPS) is 27.5. The van der Waals surface area contributed by atoms with E-state index in [-0.39, 0.29) is 18.0 Å². The zero-order valence-corrected chi connectivity index (χ0v) is 18.3. The van der Waals surface area contributed by atoms with E-state index in [9.17, 15) is 9.59 Å². The Kier molecular flexibility index (Phi) is 5.55. The van der Waals surface area contributed by atoms with Crippen molar-refractivity contribution in [3.05, 3.63) is 23.8 Å². The summed E-state index contributed by atoms with van der Waals surface area (Å²) in [5, 5.41) is 3.04. The van der Waals surface area contributed by atoms with Gasteiger partial charge in [-0.25, -0.2) is 4.79 Å². The van der Waals surface area contributed by atoms with Crippen LogP contribution >= 0.6 is 0 Å². The third-order valence-corrected chi connectivity index (χ3v) is 6.22. The van der Waals surface area contributed by atoms with Crippen molar-refractivity contribution in [1.82, 2.24) is 10.2 Å². The van der Waals surface area contributed by atoms with Gasteiger partial charge in [0, 0.05) is 13.1 Å². The van der Waals surface area contributed by atoms with Crippen LogP contribution in [0, 0.1) is 17.8 Å². The fourth-order valence-electron chi connectivity index (χ4n) is 5.08. The molecule has 1 saturated heterocycles. The number of nitrogens with one attached hydrogen (secondary N) is 1. The number of amides is 2. The lowest BCUT2D eigenvalue weighted by Crippen LogP contribution is -2.47. The highest BCUT2D eigenvalue weighted by Crippen LogP contribution is 2.45. The Morgan fingerprint density at radius 2 is 1.97 bits per heavy atom. The number of likely N-dealkylation sites (tertiary alicyclic amines) is 1. The molecule has 164 valence electrons. The third-order valence-electron chi connectivity index (χ3n) is 6.22. The van der Waals surface area contributed by atoms with Gasteiger partial charge in [0.25, 0.3) is 5.91 Å². The molecular formula is C23H32N2O5. The predicted octanol–water partition coefficient (Wildman–Crippen LogP) is 3.47. The Bertz CT molecular complexity index is 818. The van der Waals surface area contributed by atoms with Gasteiger partial charge < -0.3 is 24.4 Å². The summed E-state index contributed by atoms with van der Waals surface area (Å²) >= 11 is 0. The number of hydrogen-bond acceptors (Lipinski definition) is 5. The summed E-state index contributed by atoms with van der Waals surface area (Å²) in [6.45, 7) is 9.89. The molecule has 1 aliphatic carbocycles. The molecule has 1 unspecified atom stereocenters. The first-order valence-corrected chi connectivity index (χ1v) is 10.9. The molecule has 4 rings (SSSR count). The molecule has 0 spiro atoms. The first-order chi connectivity index (χ1) is 14.2. The van der Waals surface area contributed by atoms with Crippen LogP contribution in [0.5, 0.6) is 11.5 Å². The zero-order chi connectivity index (χ0) is 21.5. The number of fused-ring (bicyclic) bond motifs is 2. The van der Waals surface area contributed by atoms with Gasteiger partial charge in [-0.15, -0.1) is 0 Å². The summed E-state index contributed by atoms with van der Waals surface area (Å²) in [6.07, 6.45) is 1.89. The first-order valence-electron chi connectivity index (χ1n) is 10.9. The Labute approximate surface area is 178 Å². The second-order valence-corrected chi connectivity index (χ2v) is 9.74. The molecule has 3 aliphatic rings. The molecule has 30 heavy (non-hydrogen) atoms. The maximum Gasteiger partial charge on any atom is 0.410 e. The van der Waals surface area contributed by atoms with Crippen LogP contribution in [0.2, 0.25) is 0 Å². The van der Waals surface area contributed by atoms with Crippen molar-refractivity contribution in [3.8, 4) is 11.5 Å². The molecular weight excluding hydrogens is 384 g/mol. The van der Waals surface area contributed by atoms with Gasteiger partial charge in [0.1, 0.15) is 18.8 Å². The Balaban J connectivity index is 1.48. The molecule has 7 nitrogen and oxygen atoms in total. The number of hydrogen-bond donors (Lipinski definition) is 1. The molecule has 0 radical (unpaired) electrons. The summed E-state index contributed by atoms with van der Waals surface area (Å²) < 4.78 is 16.9. The number of carbonyl (C=O) groups excluding carboxylic acids is 2. The van der Waals surface area contributed by atoms with E-state index in [1.165, 1.54) is 0 Å². The summed E-state index contributed by atoms with van der Waals surface area (Å²) in [5.74, 6) is 2.37. The van der Waals surface area contributed by atoms with Crippen LogP contribution in [0.25, 0.3) is 0 Å². The van der Waals surface area contributed by atoms with Crippen LogP contribution in [0.15, 0.2) is 18.2 Å². The minimum absolute atomic E-state index is 0.0598. The lowest BCUT2D eigenvalue weighted by atomic mass is 9.93. The third kappa shape index (κ3) is 4.20. The average molecular weight is 417 g/mol. The molecule has 2 aliphatic heterocycles. The first kappa shape index (κ1) is 20.8. The number of nitrogens with zero attached hydrogens (tertiary/aromatic N) is 1. The van der Waals surface area contributed by atoms with Crippen molar-refractivity contribution < 1.29 is 23.8 Å². The minimum Gasteiger partial charge on any atom is -0.486 e. The molecule has 0 bridgehead atoms. The van der Waals surface area contributed by atoms with Crippen LogP contribution in [0.1, 0.15) is 50.9 Å². The molecule has 1 N–H and O–H groups in total. The van der Waals surface area contributed by atoms with E-state index < -0.39 is 5.60 Å². The molecule has 0 aromatic heterocycles. The lowest BCUT2D eigenvalue weighted by molar-refractivity contribution is 0.0196. The zero-order valence-electron chi connectivity index (χ0n) is 18.3. The summed E-state index contributed by atoms with van der Waals surface area (Å²) in [5.41, 5.74) is -0.0820. The van der Waals surface area contributed by atoms with Gasteiger partial charge in [0.2, 0.25) is 0 Å². The highest BCUT2D eigenvalue weighted by Gasteiger charge is 2.49. The highest BCUT2D eigenvalue weighted by atomic mass is 16.6. The second-order valence-electron chi connectivity index (χ2n) is 9.74. The molecule has 1 aromatic rings. The number of carbonyl (C=O) groups is 2. The lowest BCUT2D eigenvalue weighted by Gasteiger charge is -2.31. The fraction of sp³-hybridized carbons (Fsp3) is 0.652. The van der Waals surface area contributed by atoms with Crippen LogP contribution in [0.3, 0.4) is 0 Å². The van der Waals surface area contributed by atoms with Crippen LogP contribution < -0.4 is 14.8 Å². The largest absolute Gasteiger partial charge is 0.486 e. The maximum absolute atomic E-state index is 13.0. The van der Waals surface area contributed by atoms with Gasteiger partial charge in [0.15, 0.2) is 11.5 Å². The average Bonchev–Trinajstić information content (AvgIpc) is 3.20. The summed E-state index contributed by atoms with van der Waals surface area (Å²) in [6, 6.07) is 5.27. The van der Waals surface area contributed by atoms with Crippen LogP contribution in [-0.2, 0) is 4.74 Å². The van der Waals surface area contributed by atoms with Crippen molar-refractivity contribution in [2.45, 2.75) is 52.2 Å². The van der Waals surface area contributed by atoms with Crippen molar-refractivity contribution >= 4 is 12.0 Å². The van der Waals surface area contributed by atoms with E-state index in [0.29, 0.717) is 61.1 Å². The van der Waals surface area contributed by atoms with Gasteiger partial charge in [-0.05, 0) is 63.5 Å². The standard InChI is InChI=1S/C23H32N2O5/c1-14-10-15-13-25(22(27)30-23(2,3)4)18(17(15)11-14)12-24-21(26)16-6-5-7-19-20(16)29-9-8-28-19/h5-7,14-15,17-18H,8-13H2,1-4H3,(H,24,26)/t14?,15-,17-,18+/m0/s1. The molecule has 4 atom stereocenters.